The Bertz CT molecular complexity index is 1350. The van der Waals surface area contributed by atoms with Crippen LogP contribution >= 0.6 is 11.6 Å². The molecule has 9 nitrogen and oxygen atoms in total. The number of aryl methyl sites for hydroxylation is 2. The van der Waals surface area contributed by atoms with Gasteiger partial charge < -0.3 is 18.9 Å². The van der Waals surface area contributed by atoms with Crippen molar-refractivity contribution in [2.24, 2.45) is 0 Å². The van der Waals surface area contributed by atoms with E-state index < -0.39 is 22.4 Å². The second-order valence-corrected chi connectivity index (χ2v) is 10.2. The van der Waals surface area contributed by atoms with Gasteiger partial charge in [-0.25, -0.2) is 0 Å². The SMILES string of the molecule is CC(=O)Oc1c(C)ncc(Cc2ccccc2OCOC(C)OCCl)c1COS(=O)(=O)c1ccc(C)cc1. The first kappa shape index (κ1) is 29.5. The molecule has 1 unspecified atom stereocenters. The monoisotopic (exact) mass is 563 g/mol. The number of ether oxygens (including phenoxy) is 4. The lowest BCUT2D eigenvalue weighted by Crippen LogP contribution is -2.16. The molecule has 1 atom stereocenters. The van der Waals surface area contributed by atoms with E-state index >= 15 is 0 Å². The van der Waals surface area contributed by atoms with Gasteiger partial charge in [-0.1, -0.05) is 47.5 Å². The van der Waals surface area contributed by atoms with Crippen LogP contribution in [0.2, 0.25) is 0 Å². The van der Waals surface area contributed by atoms with Crippen LogP contribution in [0, 0.1) is 13.8 Å². The number of esters is 1. The molecule has 0 aliphatic carbocycles. The zero-order valence-electron chi connectivity index (χ0n) is 21.6. The predicted molar refractivity (Wildman–Crippen MR) is 141 cm³/mol. The summed E-state index contributed by atoms with van der Waals surface area (Å²) in [6.45, 7) is 6.04. The second-order valence-electron chi connectivity index (χ2n) is 8.36. The summed E-state index contributed by atoms with van der Waals surface area (Å²) in [6, 6.07) is 13.6. The summed E-state index contributed by atoms with van der Waals surface area (Å²) in [5.74, 6) is 0.131. The van der Waals surface area contributed by atoms with Gasteiger partial charge in [-0.2, -0.15) is 8.42 Å². The minimum Gasteiger partial charge on any atom is -0.467 e. The molecule has 11 heteroatoms. The fourth-order valence-corrected chi connectivity index (χ4v) is 4.56. The third kappa shape index (κ3) is 8.24. The maximum absolute atomic E-state index is 12.9. The van der Waals surface area contributed by atoms with Crippen LogP contribution in [0.3, 0.4) is 0 Å². The summed E-state index contributed by atoms with van der Waals surface area (Å²) in [5.41, 5.74) is 3.09. The predicted octanol–water partition coefficient (Wildman–Crippen LogP) is 5.03. The first-order valence-corrected chi connectivity index (χ1v) is 13.7. The number of carbonyl (C=O) groups is 1. The van der Waals surface area contributed by atoms with Crippen LogP contribution in [0.4, 0.5) is 0 Å². The topological polar surface area (TPSA) is 110 Å². The summed E-state index contributed by atoms with van der Waals surface area (Å²) in [7, 11) is -4.08. The molecule has 0 saturated carbocycles. The van der Waals surface area contributed by atoms with Crippen molar-refractivity contribution < 1.29 is 36.3 Å². The van der Waals surface area contributed by atoms with Crippen molar-refractivity contribution in [3.8, 4) is 11.5 Å². The van der Waals surface area contributed by atoms with E-state index in [0.717, 1.165) is 11.1 Å². The number of halogens is 1. The molecule has 1 aromatic heterocycles. The molecule has 0 N–H and O–H groups in total. The number of rotatable bonds is 13. The first-order valence-electron chi connectivity index (χ1n) is 11.7. The van der Waals surface area contributed by atoms with Crippen molar-refractivity contribution in [2.45, 2.75) is 51.9 Å². The highest BCUT2D eigenvalue weighted by molar-refractivity contribution is 7.86. The maximum atomic E-state index is 12.9. The van der Waals surface area contributed by atoms with Gasteiger partial charge in [0.15, 0.2) is 18.8 Å². The number of para-hydroxylation sites is 1. The third-order valence-electron chi connectivity index (χ3n) is 5.49. The molecule has 3 aromatic rings. The van der Waals surface area contributed by atoms with E-state index in [9.17, 15) is 13.2 Å². The Labute approximate surface area is 227 Å². The van der Waals surface area contributed by atoms with E-state index in [0.29, 0.717) is 22.6 Å². The van der Waals surface area contributed by atoms with Crippen LogP contribution in [0.1, 0.15) is 41.8 Å². The van der Waals surface area contributed by atoms with Crippen LogP contribution < -0.4 is 9.47 Å². The Hall–Kier alpha value is -3.02. The van der Waals surface area contributed by atoms with Crippen molar-refractivity contribution >= 4 is 27.7 Å². The van der Waals surface area contributed by atoms with E-state index in [1.807, 2.05) is 25.1 Å². The molecular formula is C27H30ClNO8S. The minimum absolute atomic E-state index is 0.00662. The molecule has 0 saturated heterocycles. The second kappa shape index (κ2) is 13.7. The van der Waals surface area contributed by atoms with Crippen LogP contribution in [0.5, 0.6) is 11.5 Å². The van der Waals surface area contributed by atoms with Crippen molar-refractivity contribution in [3.05, 3.63) is 82.7 Å². The number of hydrogen-bond acceptors (Lipinski definition) is 9. The van der Waals surface area contributed by atoms with Crippen molar-refractivity contribution in [3.63, 3.8) is 0 Å². The van der Waals surface area contributed by atoms with Gasteiger partial charge in [0.1, 0.15) is 11.8 Å². The zero-order valence-corrected chi connectivity index (χ0v) is 23.2. The lowest BCUT2D eigenvalue weighted by atomic mass is 10.00. The molecule has 1 heterocycles. The molecule has 0 amide bonds. The highest BCUT2D eigenvalue weighted by Gasteiger charge is 2.22. The quantitative estimate of drug-likeness (QED) is 0.122. The van der Waals surface area contributed by atoms with Crippen molar-refractivity contribution in [1.82, 2.24) is 4.98 Å². The summed E-state index contributed by atoms with van der Waals surface area (Å²) in [5, 5.41) is 0. The highest BCUT2D eigenvalue weighted by Crippen LogP contribution is 2.31. The number of pyridine rings is 1. The Morgan fingerprint density at radius 3 is 2.42 bits per heavy atom. The van der Waals surface area contributed by atoms with Gasteiger partial charge in [0, 0.05) is 25.1 Å². The number of carbonyl (C=O) groups excluding carboxylic acids is 1. The van der Waals surface area contributed by atoms with Crippen molar-refractivity contribution in [2.75, 3.05) is 12.9 Å². The summed E-state index contributed by atoms with van der Waals surface area (Å²) >= 11 is 5.54. The van der Waals surface area contributed by atoms with Crippen LogP contribution in [-0.4, -0.2) is 38.5 Å². The van der Waals surface area contributed by atoms with E-state index in [2.05, 4.69) is 4.98 Å². The minimum atomic E-state index is -4.08. The molecule has 2 aromatic carbocycles. The molecule has 0 bridgehead atoms. The molecule has 204 valence electrons. The fraction of sp³-hybridized carbons (Fsp3) is 0.333. The third-order valence-corrected chi connectivity index (χ3v) is 6.89. The fourth-order valence-electron chi connectivity index (χ4n) is 3.50. The number of benzene rings is 2. The molecule has 0 aliphatic rings. The lowest BCUT2D eigenvalue weighted by Gasteiger charge is -2.18. The summed E-state index contributed by atoms with van der Waals surface area (Å²) < 4.78 is 53.0. The van der Waals surface area contributed by atoms with Crippen molar-refractivity contribution in [1.29, 1.82) is 0 Å². The Morgan fingerprint density at radius 1 is 1.03 bits per heavy atom. The zero-order chi connectivity index (χ0) is 27.7. The largest absolute Gasteiger partial charge is 0.467 e. The standard InChI is InChI=1S/C27H30ClNO8S/c1-18-9-11-24(12-10-18)38(31,32)36-15-25-23(14-29-19(2)27(25)37-20(3)30)13-22-7-5-6-8-26(22)35-17-34-21(4)33-16-28/h5-12,14,21H,13,15-17H2,1-4H3. The molecule has 0 radical (unpaired) electrons. The van der Waals surface area contributed by atoms with Gasteiger partial charge in [0.2, 0.25) is 0 Å². The molecule has 0 fully saturated rings. The first-order chi connectivity index (χ1) is 18.1. The Balaban J connectivity index is 1.90. The number of alkyl halides is 1. The van der Waals surface area contributed by atoms with E-state index in [1.54, 1.807) is 38.2 Å². The molecule has 38 heavy (non-hydrogen) atoms. The Morgan fingerprint density at radius 2 is 1.74 bits per heavy atom. The van der Waals surface area contributed by atoms with Gasteiger partial charge in [-0.3, -0.25) is 14.0 Å². The van der Waals surface area contributed by atoms with E-state index in [1.165, 1.54) is 19.1 Å². The highest BCUT2D eigenvalue weighted by atomic mass is 35.5. The average molecular weight is 564 g/mol. The smallest absolute Gasteiger partial charge is 0.308 e. The van der Waals surface area contributed by atoms with Crippen LogP contribution in [0.15, 0.2) is 59.6 Å². The number of hydrogen-bond donors (Lipinski definition) is 0. The number of nitrogens with zero attached hydrogens (tertiary/aromatic N) is 1. The lowest BCUT2D eigenvalue weighted by molar-refractivity contribution is -0.154. The maximum Gasteiger partial charge on any atom is 0.308 e. The van der Waals surface area contributed by atoms with Crippen LogP contribution in [-0.2, 0) is 41.6 Å². The van der Waals surface area contributed by atoms with Gasteiger partial charge in [-0.05, 0) is 50.1 Å². The van der Waals surface area contributed by atoms with Gasteiger partial charge in [-0.15, -0.1) is 0 Å². The van der Waals surface area contributed by atoms with Gasteiger partial charge in [0.25, 0.3) is 10.1 Å². The molecular weight excluding hydrogens is 534 g/mol. The van der Waals surface area contributed by atoms with E-state index in [4.69, 9.17) is 34.7 Å². The Kier molecular flexibility index (Phi) is 10.6. The van der Waals surface area contributed by atoms with E-state index in [-0.39, 0.29) is 36.5 Å². The molecule has 0 spiro atoms. The molecule has 0 aliphatic heterocycles. The average Bonchev–Trinajstić information content (AvgIpc) is 2.86. The summed E-state index contributed by atoms with van der Waals surface area (Å²) in [6.07, 6.45) is 1.34. The van der Waals surface area contributed by atoms with Gasteiger partial charge >= 0.3 is 5.97 Å². The number of aromatic nitrogens is 1. The summed E-state index contributed by atoms with van der Waals surface area (Å²) in [4.78, 5) is 16.2. The van der Waals surface area contributed by atoms with Gasteiger partial charge in [0.05, 0.1) is 17.2 Å². The van der Waals surface area contributed by atoms with Crippen LogP contribution in [0.25, 0.3) is 0 Å². The normalized spacial score (nSPS) is 12.2. The molecule has 3 rings (SSSR count).